The highest BCUT2D eigenvalue weighted by Crippen LogP contribution is 2.25. The number of anilines is 6. The summed E-state index contributed by atoms with van der Waals surface area (Å²) in [5.74, 6) is -2.42. The van der Waals surface area contributed by atoms with E-state index >= 15 is 0 Å². The summed E-state index contributed by atoms with van der Waals surface area (Å²) in [6.07, 6.45) is 9.74. The lowest BCUT2D eigenvalue weighted by molar-refractivity contribution is -0.148. The highest BCUT2D eigenvalue weighted by molar-refractivity contribution is 6.76. The number of hydrogen-bond donors (Lipinski definition) is 7. The highest BCUT2D eigenvalue weighted by Gasteiger charge is 2.28. The molecule has 0 saturated carbocycles. The number of fused-ring (bicyclic) bond motifs is 2. The molecule has 4 aromatic heterocycles. The van der Waals surface area contributed by atoms with Gasteiger partial charge in [0.1, 0.15) is 11.8 Å². The molecule has 0 saturated heterocycles. The monoisotopic (exact) mass is 1480 g/mol. The second-order valence-electron chi connectivity index (χ2n) is 28.4. The molecule has 0 radical (unpaired) electrons. The van der Waals surface area contributed by atoms with Crippen molar-refractivity contribution in [1.82, 2.24) is 55.4 Å². The van der Waals surface area contributed by atoms with Crippen molar-refractivity contribution in [3.05, 3.63) is 83.4 Å². The van der Waals surface area contributed by atoms with Crippen LogP contribution in [0.3, 0.4) is 0 Å². The zero-order valence-electron chi connectivity index (χ0n) is 62.3. The van der Waals surface area contributed by atoms with Crippen molar-refractivity contribution in [1.29, 1.82) is 0 Å². The molecule has 30 nitrogen and oxygen atoms in total. The molecular weight excluding hydrogens is 1370 g/mol. The van der Waals surface area contributed by atoms with Crippen LogP contribution in [0.25, 0.3) is 22.3 Å². The first-order chi connectivity index (χ1) is 49.7. The second-order valence-corrected chi connectivity index (χ2v) is 39.6. The Morgan fingerprint density at radius 1 is 0.510 bits per heavy atom. The van der Waals surface area contributed by atoms with Gasteiger partial charge in [-0.2, -0.15) is 19.9 Å². The maximum atomic E-state index is 13.8. The minimum atomic E-state index is -1.53. The van der Waals surface area contributed by atoms with E-state index in [0.29, 0.717) is 137 Å². The summed E-state index contributed by atoms with van der Waals surface area (Å²) >= 11 is 0. The molecule has 2 amide bonds. The highest BCUT2D eigenvalue weighted by atomic mass is 28.3. The third kappa shape index (κ3) is 31.8. The molecule has 0 aliphatic rings. The van der Waals surface area contributed by atoms with Gasteiger partial charge in [0, 0.05) is 98.1 Å². The van der Waals surface area contributed by atoms with E-state index in [-0.39, 0.29) is 86.3 Å². The zero-order chi connectivity index (χ0) is 75.4. The van der Waals surface area contributed by atoms with Gasteiger partial charge in [0.2, 0.25) is 17.8 Å². The first-order valence-electron chi connectivity index (χ1n) is 36.1. The number of hydrogen-bond acceptors (Lipinski definition) is 28. The summed E-state index contributed by atoms with van der Waals surface area (Å²) in [6, 6.07) is 14.6. The molecule has 0 spiro atoms. The summed E-state index contributed by atoms with van der Waals surface area (Å²) in [6.45, 7) is 21.5. The third-order valence-corrected chi connectivity index (χ3v) is 20.5. The molecule has 570 valence electrons. The number of carbonyl (C=O) groups is 6. The smallest absolute Gasteiger partial charge is 0.328 e. The van der Waals surface area contributed by atoms with E-state index in [1.165, 1.54) is 0 Å². The number of nitrogen functional groups attached to an aromatic ring is 4. The van der Waals surface area contributed by atoms with Gasteiger partial charge >= 0.3 is 11.9 Å². The number of Topliss-reactive ketones (excluding diaryl/α,β-unsaturated/α-hetero) is 2. The average molecular weight is 1480 g/mol. The van der Waals surface area contributed by atoms with Crippen LogP contribution in [0.1, 0.15) is 116 Å². The number of benzene rings is 2. The first kappa shape index (κ1) is 84.4. The van der Waals surface area contributed by atoms with Crippen LogP contribution in [0.2, 0.25) is 51.4 Å². The van der Waals surface area contributed by atoms with Gasteiger partial charge in [0.05, 0.1) is 109 Å². The van der Waals surface area contributed by atoms with Crippen LogP contribution in [0.15, 0.2) is 60.9 Å². The van der Waals surface area contributed by atoms with Crippen molar-refractivity contribution in [2.24, 2.45) is 11.7 Å². The van der Waals surface area contributed by atoms with Crippen LogP contribution < -0.4 is 49.1 Å². The van der Waals surface area contributed by atoms with Crippen LogP contribution >= 0.6 is 0 Å². The zero-order valence-corrected chi connectivity index (χ0v) is 64.3. The normalized spacial score (nSPS) is 12.3. The summed E-state index contributed by atoms with van der Waals surface area (Å²) in [4.78, 5) is 122. The van der Waals surface area contributed by atoms with Gasteiger partial charge in [-0.05, 0) is 112 Å². The van der Waals surface area contributed by atoms with Crippen molar-refractivity contribution < 1.29 is 57.2 Å². The molecule has 4 heterocycles. The van der Waals surface area contributed by atoms with Crippen molar-refractivity contribution in [2.75, 3.05) is 146 Å². The predicted octanol–water partition coefficient (Wildman–Crippen LogP) is 7.20. The number of carbonyl (C=O) groups excluding carboxylic acids is 6. The molecule has 32 heteroatoms. The van der Waals surface area contributed by atoms with Crippen LogP contribution in [-0.4, -0.2) is 215 Å². The second kappa shape index (κ2) is 44.3. The van der Waals surface area contributed by atoms with Crippen molar-refractivity contribution >= 4 is 109 Å². The SMILES string of the molecule is CN(Cc1cnc2nc(N)nc(N)c2n1)c1ccc(C(=O)C[C@@H](CCC(=O)NCCCCCN(CCCCCCC(=O)CC[C@H](NC(=O)c2ccc(N(C)Cc3cnc4nc(N)nc(N)c4n3)cc2)C(=O)OCC[Si](C)(C)C)CCOCCOCCOCCOCCN)C(=O)OCC[Si](C)(C)C)cc1. The Morgan fingerprint density at radius 2 is 0.990 bits per heavy atom. The molecule has 0 bridgehead atoms. The maximum Gasteiger partial charge on any atom is 0.328 e. The Balaban J connectivity index is 0.935. The standard InChI is InChI=1S/C72H112N18O12Si2/c1-88(49-54-47-79-66-62(81-54)64(74)84-71(76)86-66)56-22-17-51(18-23-56)60(92)46-53(69(95)101-42-44-103(3,4)5)21-28-61(93)78-30-13-11-15-32-90(33-35-98-37-39-100-41-40-99-38-36-97-34-29-73)31-14-10-9-12-16-58(91)26-27-59(70(96)102-43-45-104(6,7)8)83-68(94)52-19-24-57(25-20-52)89(2)50-55-48-80-67-63(82-55)65(75)85-72(77)87-67/h17-20,22-25,47-48,53,59H,9-16,21,26-46,49-50,73H2,1-8H3,(H,78,93)(H,83,94)(H4,74,76,79,84,86)(H4,75,77,80,85,87)/t53-,59+/m1/s1. The van der Waals surface area contributed by atoms with Gasteiger partial charge in [-0.15, -0.1) is 0 Å². The lowest BCUT2D eigenvalue weighted by atomic mass is 9.93. The molecule has 104 heavy (non-hydrogen) atoms. The lowest BCUT2D eigenvalue weighted by Gasteiger charge is -2.22. The Kier molecular flexibility index (Phi) is 36.0. The Bertz CT molecular complexity index is 3450. The van der Waals surface area contributed by atoms with E-state index < -0.39 is 46.0 Å². The van der Waals surface area contributed by atoms with Gasteiger partial charge in [-0.3, -0.25) is 24.0 Å². The largest absolute Gasteiger partial charge is 0.466 e. The van der Waals surface area contributed by atoms with Gasteiger partial charge < -0.3 is 82.4 Å². The summed E-state index contributed by atoms with van der Waals surface area (Å²) < 4.78 is 34.0. The predicted molar refractivity (Wildman–Crippen MR) is 409 cm³/mol. The van der Waals surface area contributed by atoms with Gasteiger partial charge in [-0.25, -0.2) is 24.7 Å². The Hall–Kier alpha value is -8.51. The number of ether oxygens (including phenoxy) is 6. The summed E-state index contributed by atoms with van der Waals surface area (Å²) in [5, 5.41) is 5.88. The Labute approximate surface area is 613 Å². The molecular formula is C72H112N18O12Si2. The molecule has 0 fully saturated rings. The van der Waals surface area contributed by atoms with Crippen LogP contribution in [0, 0.1) is 5.92 Å². The lowest BCUT2D eigenvalue weighted by Crippen LogP contribution is -2.42. The number of rotatable bonds is 52. The molecule has 6 aromatic rings. The molecule has 12 N–H and O–H groups in total. The number of nitrogens with one attached hydrogen (secondary N) is 2. The van der Waals surface area contributed by atoms with E-state index in [4.69, 9.17) is 57.1 Å². The topological polar surface area (TPSA) is 425 Å². The van der Waals surface area contributed by atoms with Crippen LogP contribution in [0.5, 0.6) is 0 Å². The fraction of sp³-hybridized carbons (Fsp3) is 0.583. The fourth-order valence-corrected chi connectivity index (χ4v) is 12.3. The van der Waals surface area contributed by atoms with Crippen molar-refractivity contribution in [3.8, 4) is 0 Å². The van der Waals surface area contributed by atoms with E-state index in [1.807, 2.05) is 36.0 Å². The van der Waals surface area contributed by atoms with E-state index in [1.54, 1.807) is 48.8 Å². The molecule has 6 rings (SSSR count). The van der Waals surface area contributed by atoms with E-state index in [2.05, 4.69) is 94.7 Å². The molecule has 2 atom stereocenters. The quantitative estimate of drug-likeness (QED) is 0.00858. The van der Waals surface area contributed by atoms with E-state index in [0.717, 1.165) is 81.6 Å². The number of unbranched alkanes of at least 4 members (excludes halogenated alkanes) is 5. The van der Waals surface area contributed by atoms with Gasteiger partial charge in [0.15, 0.2) is 39.7 Å². The molecule has 0 aliphatic carbocycles. The van der Waals surface area contributed by atoms with Crippen LogP contribution in [-0.2, 0) is 60.7 Å². The average Bonchev–Trinajstić information content (AvgIpc) is 0.815. The maximum absolute atomic E-state index is 13.8. The van der Waals surface area contributed by atoms with E-state index in [9.17, 15) is 28.8 Å². The third-order valence-electron chi connectivity index (χ3n) is 17.1. The minimum Gasteiger partial charge on any atom is -0.466 e. The molecule has 0 unspecified atom stereocenters. The summed E-state index contributed by atoms with van der Waals surface area (Å²) in [5.41, 5.74) is 33.9. The Morgan fingerprint density at radius 3 is 1.51 bits per heavy atom. The van der Waals surface area contributed by atoms with Crippen molar-refractivity contribution in [2.45, 2.75) is 154 Å². The summed E-state index contributed by atoms with van der Waals surface area (Å²) in [7, 11) is 0.697. The number of nitrogens with zero attached hydrogens (tertiary/aromatic N) is 11. The number of amides is 2. The van der Waals surface area contributed by atoms with Gasteiger partial charge in [0.25, 0.3) is 5.91 Å². The molecule has 2 aromatic carbocycles. The number of aromatic nitrogens is 8. The minimum absolute atomic E-state index is 0.0108. The molecule has 0 aliphatic heterocycles. The van der Waals surface area contributed by atoms with Crippen LogP contribution in [0.4, 0.5) is 34.9 Å². The fourth-order valence-electron chi connectivity index (χ4n) is 10.9. The first-order valence-corrected chi connectivity index (χ1v) is 43.6. The van der Waals surface area contributed by atoms with Gasteiger partial charge in [-0.1, -0.05) is 58.5 Å². The number of esters is 2. The number of ketones is 2. The van der Waals surface area contributed by atoms with Crippen molar-refractivity contribution in [3.63, 3.8) is 0 Å². The number of nitrogens with two attached hydrogens (primary N) is 5.